The predicted octanol–water partition coefficient (Wildman–Crippen LogP) is 8.21. The number of fused-ring (bicyclic) bond motifs is 4. The van der Waals surface area contributed by atoms with E-state index < -0.39 is 35.5 Å². The van der Waals surface area contributed by atoms with Crippen molar-refractivity contribution in [2.24, 2.45) is 11.8 Å². The summed E-state index contributed by atoms with van der Waals surface area (Å²) in [5, 5.41) is 11.1. The topological polar surface area (TPSA) is 127 Å². The van der Waals surface area contributed by atoms with Crippen LogP contribution < -0.4 is 4.90 Å². The van der Waals surface area contributed by atoms with Crippen LogP contribution in [0, 0.1) is 11.8 Å². The number of furan rings is 1. The summed E-state index contributed by atoms with van der Waals surface area (Å²) in [4.78, 5) is 41.0. The van der Waals surface area contributed by atoms with E-state index in [9.17, 15) is 27.9 Å². The molecule has 51 heavy (non-hydrogen) atoms. The second-order valence-corrected chi connectivity index (χ2v) is 14.7. The van der Waals surface area contributed by atoms with Crippen molar-refractivity contribution in [3.63, 3.8) is 0 Å². The van der Waals surface area contributed by atoms with Crippen LogP contribution in [0.1, 0.15) is 58.2 Å². The molecule has 2 fully saturated rings. The lowest BCUT2D eigenvalue weighted by molar-refractivity contribution is -0.144. The number of benzene rings is 2. The number of hydrogen-bond acceptors (Lipinski definition) is 8. The molecule has 0 saturated carbocycles. The van der Waals surface area contributed by atoms with Gasteiger partial charge in [-0.05, 0) is 81.9 Å². The SMILES string of the molecule is C[C@H]1CN(C(=O)OC(C)(C)C)CC[C@@H]1n1c(/C=C/[C@H]2C[C@@H](C(=O)O)N(c3nc(C(F)(F)F)nc4c3oc3ccccc34)C2)nc2cc(Cl)ccc21. The summed E-state index contributed by atoms with van der Waals surface area (Å²) < 4.78 is 55.8. The fourth-order valence-electron chi connectivity index (χ4n) is 7.16. The fourth-order valence-corrected chi connectivity index (χ4v) is 7.33. The summed E-state index contributed by atoms with van der Waals surface area (Å²) in [5.41, 5.74) is 1.18. The Labute approximate surface area is 295 Å². The lowest BCUT2D eigenvalue weighted by Gasteiger charge is -2.38. The zero-order valence-electron chi connectivity index (χ0n) is 28.3. The Kier molecular flexibility index (Phi) is 8.63. The minimum Gasteiger partial charge on any atom is -0.480 e. The summed E-state index contributed by atoms with van der Waals surface area (Å²) in [7, 11) is 0. The van der Waals surface area contributed by atoms with Gasteiger partial charge in [0.05, 0.1) is 11.0 Å². The predicted molar refractivity (Wildman–Crippen MR) is 186 cm³/mol. The molecule has 15 heteroatoms. The standard InChI is InChI=1S/C36H36ClF3N6O5/c1-19-17-44(34(49)51-35(2,3)4)14-13-24(19)46-25-11-10-21(37)16-23(25)41-28(46)12-9-20-15-26(32(47)48)45(18-20)31-30-29(42-33(43-31)36(38,39)40)22-7-5-6-8-27(22)50-30/h5-12,16,19-20,24,26H,13-15,17-18H2,1-4H3,(H,47,48)/b12-9+/t19-,20-,24-,26-/m0/s1. The first-order valence-electron chi connectivity index (χ1n) is 16.7. The van der Waals surface area contributed by atoms with Crippen molar-refractivity contribution in [1.29, 1.82) is 0 Å². The van der Waals surface area contributed by atoms with E-state index in [-0.39, 0.29) is 47.9 Å². The molecule has 2 aliphatic heterocycles. The number of anilines is 1. The van der Waals surface area contributed by atoms with Crippen LogP contribution in [0.15, 0.2) is 53.0 Å². The largest absolute Gasteiger partial charge is 0.480 e. The Morgan fingerprint density at radius 1 is 1.08 bits per heavy atom. The average Bonchev–Trinajstić information content (AvgIpc) is 3.75. The highest BCUT2D eigenvalue weighted by atomic mass is 35.5. The number of hydrogen-bond donors (Lipinski definition) is 1. The molecule has 1 amide bonds. The molecule has 2 saturated heterocycles. The number of aliphatic carboxylic acids is 1. The van der Waals surface area contributed by atoms with Gasteiger partial charge in [0, 0.05) is 36.1 Å². The van der Waals surface area contributed by atoms with Crippen molar-refractivity contribution in [3.8, 4) is 0 Å². The molecule has 0 spiro atoms. The van der Waals surface area contributed by atoms with Gasteiger partial charge in [-0.1, -0.05) is 36.7 Å². The molecule has 11 nitrogen and oxygen atoms in total. The van der Waals surface area contributed by atoms with E-state index in [1.54, 1.807) is 41.3 Å². The quantitative estimate of drug-likeness (QED) is 0.191. The van der Waals surface area contributed by atoms with E-state index >= 15 is 0 Å². The number of carboxylic acids is 1. The Bertz CT molecular complexity index is 2190. The first kappa shape index (κ1) is 34.6. The van der Waals surface area contributed by atoms with Gasteiger partial charge in [-0.2, -0.15) is 13.2 Å². The number of ether oxygens (including phenoxy) is 1. The van der Waals surface area contributed by atoms with Crippen LogP contribution in [0.5, 0.6) is 0 Å². The van der Waals surface area contributed by atoms with Gasteiger partial charge in [-0.3, -0.25) is 0 Å². The van der Waals surface area contributed by atoms with E-state index in [1.165, 1.54) is 4.90 Å². The van der Waals surface area contributed by atoms with Gasteiger partial charge in [-0.15, -0.1) is 0 Å². The number of piperidine rings is 1. The van der Waals surface area contributed by atoms with Crippen molar-refractivity contribution >= 4 is 68.7 Å². The molecule has 5 heterocycles. The maximum absolute atomic E-state index is 14.0. The molecule has 0 radical (unpaired) electrons. The lowest BCUT2D eigenvalue weighted by atomic mass is 9.93. The first-order valence-corrected chi connectivity index (χ1v) is 17.0. The fraction of sp³-hybridized carbons (Fsp3) is 0.417. The van der Waals surface area contributed by atoms with Crippen molar-refractivity contribution < 1.29 is 37.0 Å². The number of carboxylic acid groups (broad SMARTS) is 1. The van der Waals surface area contributed by atoms with Crippen LogP contribution in [-0.4, -0.2) is 72.9 Å². The normalized spacial score (nSPS) is 21.8. The number of halogens is 4. The summed E-state index contributed by atoms with van der Waals surface area (Å²) in [6.07, 6.45) is -0.823. The third-order valence-electron chi connectivity index (χ3n) is 9.39. The molecule has 5 aromatic rings. The van der Waals surface area contributed by atoms with Gasteiger partial charge >= 0.3 is 18.2 Å². The summed E-state index contributed by atoms with van der Waals surface area (Å²) in [6.45, 7) is 8.58. The number of likely N-dealkylation sites (tertiary alicyclic amines) is 1. The van der Waals surface area contributed by atoms with Crippen LogP contribution >= 0.6 is 11.6 Å². The van der Waals surface area contributed by atoms with Gasteiger partial charge < -0.3 is 28.6 Å². The molecule has 2 aromatic carbocycles. The minimum absolute atomic E-state index is 0.00883. The van der Waals surface area contributed by atoms with Crippen LogP contribution in [0.4, 0.5) is 23.8 Å². The van der Waals surface area contributed by atoms with Crippen molar-refractivity contribution in [3.05, 3.63) is 65.2 Å². The number of aromatic nitrogens is 4. The third kappa shape index (κ3) is 6.68. The second-order valence-electron chi connectivity index (χ2n) is 14.2. The van der Waals surface area contributed by atoms with Gasteiger partial charge in [-0.25, -0.2) is 24.5 Å². The molecule has 0 unspecified atom stereocenters. The molecule has 268 valence electrons. The second kappa shape index (κ2) is 12.7. The molecule has 3 aromatic heterocycles. The molecule has 2 aliphatic rings. The summed E-state index contributed by atoms with van der Waals surface area (Å²) in [6, 6.07) is 10.8. The van der Waals surface area contributed by atoms with Gasteiger partial charge in [0.1, 0.15) is 28.6 Å². The molecular formula is C36H36ClF3N6O5. The highest BCUT2D eigenvalue weighted by Gasteiger charge is 2.42. The smallest absolute Gasteiger partial charge is 0.451 e. The number of amides is 1. The van der Waals surface area contributed by atoms with E-state index in [1.807, 2.05) is 39.0 Å². The maximum atomic E-state index is 14.0. The maximum Gasteiger partial charge on any atom is 0.451 e. The van der Waals surface area contributed by atoms with Crippen LogP contribution in [-0.2, 0) is 15.7 Å². The molecule has 7 rings (SSSR count). The number of rotatable bonds is 5. The van der Waals surface area contributed by atoms with E-state index in [0.717, 1.165) is 5.52 Å². The van der Waals surface area contributed by atoms with Gasteiger partial charge in [0.25, 0.3) is 0 Å². The zero-order valence-corrected chi connectivity index (χ0v) is 29.1. The number of carbonyl (C=O) groups excluding carboxylic acids is 1. The van der Waals surface area contributed by atoms with E-state index in [0.29, 0.717) is 46.8 Å². The Hall–Kier alpha value is -4.85. The number of carbonyl (C=O) groups is 2. The summed E-state index contributed by atoms with van der Waals surface area (Å²) in [5.74, 6) is -2.55. The number of alkyl halides is 3. The van der Waals surface area contributed by atoms with Gasteiger partial charge in [0.2, 0.25) is 5.82 Å². The van der Waals surface area contributed by atoms with Crippen molar-refractivity contribution in [2.75, 3.05) is 24.5 Å². The monoisotopic (exact) mass is 724 g/mol. The number of imidazole rings is 1. The first-order chi connectivity index (χ1) is 24.1. The van der Waals surface area contributed by atoms with Crippen LogP contribution in [0.2, 0.25) is 5.02 Å². The molecule has 1 N–H and O–H groups in total. The molecule has 4 atom stereocenters. The van der Waals surface area contributed by atoms with Gasteiger partial charge in [0.15, 0.2) is 11.4 Å². The zero-order chi connectivity index (χ0) is 36.4. The van der Waals surface area contributed by atoms with E-state index in [2.05, 4.69) is 21.5 Å². The number of para-hydroxylation sites is 1. The Morgan fingerprint density at radius 2 is 1.84 bits per heavy atom. The highest BCUT2D eigenvalue weighted by molar-refractivity contribution is 6.31. The molecule has 0 bridgehead atoms. The molecular weight excluding hydrogens is 689 g/mol. The third-order valence-corrected chi connectivity index (χ3v) is 9.62. The minimum atomic E-state index is -4.87. The van der Waals surface area contributed by atoms with Crippen LogP contribution in [0.3, 0.4) is 0 Å². The van der Waals surface area contributed by atoms with E-state index in [4.69, 9.17) is 25.7 Å². The number of nitrogens with zero attached hydrogens (tertiary/aromatic N) is 6. The highest BCUT2D eigenvalue weighted by Crippen LogP contribution is 2.40. The van der Waals surface area contributed by atoms with Crippen LogP contribution in [0.25, 0.3) is 39.2 Å². The summed E-state index contributed by atoms with van der Waals surface area (Å²) >= 11 is 6.33. The Morgan fingerprint density at radius 3 is 2.55 bits per heavy atom. The lowest BCUT2D eigenvalue weighted by Crippen LogP contribution is -2.45. The van der Waals surface area contributed by atoms with Crippen molar-refractivity contribution in [2.45, 2.75) is 64.4 Å². The Balaban J connectivity index is 1.22. The average molecular weight is 725 g/mol. The molecule has 0 aliphatic carbocycles. The van der Waals surface area contributed by atoms with Crippen molar-refractivity contribution in [1.82, 2.24) is 24.4 Å².